The molecule has 0 aliphatic rings. The van der Waals surface area contributed by atoms with Gasteiger partial charge in [0.15, 0.2) is 0 Å². The molecule has 0 bridgehead atoms. The molecule has 2 rings (SSSR count). The molecule has 2 aromatic rings. The fraction of sp³-hybridized carbons (Fsp3) is 0.111. The van der Waals surface area contributed by atoms with E-state index in [0.717, 1.165) is 23.1 Å². The quantitative estimate of drug-likeness (QED) is 0.608. The molecule has 0 fully saturated rings. The zero-order chi connectivity index (χ0) is 14.0. The fourth-order valence-corrected chi connectivity index (χ4v) is 1.43. The lowest BCUT2D eigenvalue weighted by Gasteiger charge is -1.99. The third-order valence-corrected chi connectivity index (χ3v) is 2.24. The molecule has 9 nitrogen and oxygen atoms in total. The minimum Gasteiger partial charge on any atom is -0.390 e. The molecule has 1 aromatic carbocycles. The van der Waals surface area contributed by atoms with Gasteiger partial charge in [-0.2, -0.15) is 9.07 Å². The second kappa shape index (κ2) is 4.76. The summed E-state index contributed by atoms with van der Waals surface area (Å²) >= 11 is 0. The van der Waals surface area contributed by atoms with Crippen LogP contribution < -0.4 is 0 Å². The first kappa shape index (κ1) is 12.5. The Balaban J connectivity index is 2.21. The smallest absolute Gasteiger partial charge is 0.390 e. The van der Waals surface area contributed by atoms with Crippen molar-refractivity contribution in [2.24, 2.45) is 0 Å². The van der Waals surface area contributed by atoms with Crippen LogP contribution in [0, 0.1) is 26.0 Å². The van der Waals surface area contributed by atoms with Crippen molar-refractivity contribution < 1.29 is 14.2 Å². The van der Waals surface area contributed by atoms with E-state index in [1.54, 1.807) is 0 Å². The number of nitro groups is 2. The van der Waals surface area contributed by atoms with Crippen LogP contribution in [0.5, 0.6) is 0 Å². The maximum atomic E-state index is 13.3. The Kier molecular flexibility index (Phi) is 3.14. The lowest BCUT2D eigenvalue weighted by atomic mass is 10.2. The van der Waals surface area contributed by atoms with Crippen LogP contribution in [0.3, 0.4) is 0 Å². The molecule has 0 aliphatic heterocycles. The van der Waals surface area contributed by atoms with Gasteiger partial charge < -0.3 is 10.1 Å². The normalized spacial score (nSPS) is 10.4. The molecular weight excluding hydrogens is 261 g/mol. The van der Waals surface area contributed by atoms with Crippen LogP contribution in [0.15, 0.2) is 24.5 Å². The summed E-state index contributed by atoms with van der Waals surface area (Å²) in [5.74, 6) is -1.54. The van der Waals surface area contributed by atoms with Gasteiger partial charge in [0.1, 0.15) is 0 Å². The standard InChI is InChI=1S/C9H6FN5O4/c10-7-3-6(1-2-8(7)14(16)17)4-13-5-11-9(12-13)15(18)19/h1-3,5H,4H2. The van der Waals surface area contributed by atoms with Gasteiger partial charge in [-0.05, 0) is 16.6 Å². The van der Waals surface area contributed by atoms with E-state index in [9.17, 15) is 24.6 Å². The summed E-state index contributed by atoms with van der Waals surface area (Å²) in [4.78, 5) is 22.6. The molecule has 98 valence electrons. The summed E-state index contributed by atoms with van der Waals surface area (Å²) in [5.41, 5.74) is -0.254. The van der Waals surface area contributed by atoms with E-state index in [0.29, 0.717) is 5.56 Å². The molecule has 0 unspecified atom stereocenters. The van der Waals surface area contributed by atoms with Crippen molar-refractivity contribution in [3.05, 3.63) is 56.1 Å². The molecule has 19 heavy (non-hydrogen) atoms. The molecule has 1 heterocycles. The third kappa shape index (κ3) is 2.68. The summed E-state index contributed by atoms with van der Waals surface area (Å²) in [6.07, 6.45) is 1.12. The van der Waals surface area contributed by atoms with Crippen molar-refractivity contribution in [2.45, 2.75) is 6.54 Å². The van der Waals surface area contributed by atoms with E-state index in [-0.39, 0.29) is 6.54 Å². The summed E-state index contributed by atoms with van der Waals surface area (Å²) in [5, 5.41) is 24.3. The van der Waals surface area contributed by atoms with E-state index < -0.39 is 27.3 Å². The highest BCUT2D eigenvalue weighted by atomic mass is 19.1. The number of halogens is 1. The van der Waals surface area contributed by atoms with Gasteiger partial charge in [-0.25, -0.2) is 0 Å². The van der Waals surface area contributed by atoms with Crippen molar-refractivity contribution in [1.82, 2.24) is 14.8 Å². The number of hydrogen-bond donors (Lipinski definition) is 0. The Hall–Kier alpha value is -2.91. The van der Waals surface area contributed by atoms with Gasteiger partial charge >= 0.3 is 11.6 Å². The third-order valence-electron chi connectivity index (χ3n) is 2.24. The van der Waals surface area contributed by atoms with Gasteiger partial charge in [0.05, 0.1) is 11.5 Å². The first-order chi connectivity index (χ1) is 8.97. The predicted octanol–water partition coefficient (Wildman–Crippen LogP) is 1.28. The monoisotopic (exact) mass is 267 g/mol. The number of aromatic nitrogens is 3. The van der Waals surface area contributed by atoms with Crippen LogP contribution in [-0.2, 0) is 6.54 Å². The minimum absolute atomic E-state index is 0.0236. The van der Waals surface area contributed by atoms with Crippen LogP contribution in [0.4, 0.5) is 16.0 Å². The predicted molar refractivity (Wildman–Crippen MR) is 58.8 cm³/mol. The molecule has 0 saturated carbocycles. The molecule has 0 spiro atoms. The van der Waals surface area contributed by atoms with Crippen molar-refractivity contribution in [1.29, 1.82) is 0 Å². The molecular formula is C9H6FN5O4. The SMILES string of the molecule is O=[N+]([O-])c1ncn(Cc2ccc([N+](=O)[O-])c(F)c2)n1. The number of hydrogen-bond acceptors (Lipinski definition) is 6. The Labute approximate surface area is 104 Å². The lowest BCUT2D eigenvalue weighted by molar-refractivity contribution is -0.394. The highest BCUT2D eigenvalue weighted by Crippen LogP contribution is 2.18. The molecule has 0 saturated heterocycles. The summed E-state index contributed by atoms with van der Waals surface area (Å²) in [7, 11) is 0. The summed E-state index contributed by atoms with van der Waals surface area (Å²) < 4.78 is 14.5. The molecule has 10 heteroatoms. The van der Waals surface area contributed by atoms with Gasteiger partial charge in [-0.1, -0.05) is 11.1 Å². The topological polar surface area (TPSA) is 117 Å². The van der Waals surface area contributed by atoms with Crippen LogP contribution in [-0.4, -0.2) is 24.6 Å². The largest absolute Gasteiger partial charge is 0.490 e. The van der Waals surface area contributed by atoms with E-state index in [1.165, 1.54) is 6.07 Å². The maximum absolute atomic E-state index is 13.3. The van der Waals surface area contributed by atoms with Crippen molar-refractivity contribution in [3.63, 3.8) is 0 Å². The second-order valence-corrected chi connectivity index (χ2v) is 3.54. The highest BCUT2D eigenvalue weighted by molar-refractivity contribution is 5.35. The van der Waals surface area contributed by atoms with Crippen molar-refractivity contribution in [2.75, 3.05) is 0 Å². The van der Waals surface area contributed by atoms with Crippen LogP contribution in [0.1, 0.15) is 5.56 Å². The van der Waals surface area contributed by atoms with E-state index >= 15 is 0 Å². The van der Waals surface area contributed by atoms with Crippen LogP contribution in [0.2, 0.25) is 0 Å². The van der Waals surface area contributed by atoms with Gasteiger partial charge in [0.25, 0.3) is 0 Å². The van der Waals surface area contributed by atoms with Crippen molar-refractivity contribution >= 4 is 11.6 Å². The van der Waals surface area contributed by atoms with E-state index in [2.05, 4.69) is 10.1 Å². The molecule has 0 radical (unpaired) electrons. The Morgan fingerprint density at radius 3 is 2.53 bits per heavy atom. The Bertz CT molecular complexity index is 656. The Morgan fingerprint density at radius 2 is 2.00 bits per heavy atom. The zero-order valence-corrected chi connectivity index (χ0v) is 9.26. The van der Waals surface area contributed by atoms with Gasteiger partial charge in [-0.3, -0.25) is 10.1 Å². The van der Waals surface area contributed by atoms with Gasteiger partial charge in [-0.15, -0.1) is 0 Å². The number of rotatable bonds is 4. The first-order valence-electron chi connectivity index (χ1n) is 4.94. The van der Waals surface area contributed by atoms with E-state index in [4.69, 9.17) is 0 Å². The second-order valence-electron chi connectivity index (χ2n) is 3.54. The minimum atomic E-state index is -0.975. The molecule has 0 atom stereocenters. The zero-order valence-electron chi connectivity index (χ0n) is 9.26. The highest BCUT2D eigenvalue weighted by Gasteiger charge is 2.16. The Morgan fingerprint density at radius 1 is 1.26 bits per heavy atom. The molecule has 0 amide bonds. The average molecular weight is 267 g/mol. The summed E-state index contributed by atoms with van der Waals surface area (Å²) in [6, 6.07) is 3.34. The summed E-state index contributed by atoms with van der Waals surface area (Å²) in [6.45, 7) is 0.0236. The number of nitro benzene ring substituents is 1. The van der Waals surface area contributed by atoms with Crippen molar-refractivity contribution in [3.8, 4) is 0 Å². The van der Waals surface area contributed by atoms with Crippen LogP contribution >= 0.6 is 0 Å². The van der Waals surface area contributed by atoms with Gasteiger partial charge in [0.2, 0.25) is 12.1 Å². The maximum Gasteiger partial charge on any atom is 0.490 e. The molecule has 1 aromatic heterocycles. The van der Waals surface area contributed by atoms with Gasteiger partial charge in [0, 0.05) is 11.2 Å². The van der Waals surface area contributed by atoms with E-state index in [1.807, 2.05) is 0 Å². The first-order valence-corrected chi connectivity index (χ1v) is 4.94. The lowest BCUT2D eigenvalue weighted by Crippen LogP contribution is -2.02. The number of benzene rings is 1. The average Bonchev–Trinajstić information content (AvgIpc) is 2.77. The fourth-order valence-electron chi connectivity index (χ4n) is 1.43. The van der Waals surface area contributed by atoms with Crippen LogP contribution in [0.25, 0.3) is 0 Å². The molecule has 0 N–H and O–H groups in total. The molecule has 0 aliphatic carbocycles. The number of nitrogens with zero attached hydrogens (tertiary/aromatic N) is 5.